The quantitative estimate of drug-likeness (QED) is 0.781. The van der Waals surface area contributed by atoms with Crippen LogP contribution in [0.4, 0.5) is 4.39 Å². The van der Waals surface area contributed by atoms with Crippen LogP contribution in [0.15, 0.2) is 36.5 Å². The van der Waals surface area contributed by atoms with Gasteiger partial charge in [-0.2, -0.15) is 0 Å². The Morgan fingerprint density at radius 3 is 2.52 bits per heavy atom. The Balaban J connectivity index is 2.02. The van der Waals surface area contributed by atoms with Gasteiger partial charge >= 0.3 is 0 Å². The third-order valence-corrected chi connectivity index (χ3v) is 3.54. The molecule has 0 atom stereocenters. The highest BCUT2D eigenvalue weighted by Crippen LogP contribution is 2.14. The van der Waals surface area contributed by atoms with Crippen molar-refractivity contribution >= 4 is 0 Å². The van der Waals surface area contributed by atoms with Crippen LogP contribution >= 0.6 is 0 Å². The Bertz CT molecular complexity index is 564. The third kappa shape index (κ3) is 4.64. The summed E-state index contributed by atoms with van der Waals surface area (Å²) in [6.07, 6.45) is 4.47. The number of aryl methyl sites for hydroxylation is 1. The molecule has 0 aliphatic rings. The molecule has 1 heterocycles. The summed E-state index contributed by atoms with van der Waals surface area (Å²) in [5.41, 5.74) is 3.80. The number of benzene rings is 1. The molecule has 0 saturated heterocycles. The van der Waals surface area contributed by atoms with Gasteiger partial charge in [-0.25, -0.2) is 4.39 Å². The minimum atomic E-state index is -0.146. The molecule has 1 aromatic carbocycles. The van der Waals surface area contributed by atoms with Gasteiger partial charge in [-0.05, 0) is 48.2 Å². The van der Waals surface area contributed by atoms with Gasteiger partial charge in [0.15, 0.2) is 0 Å². The molecule has 112 valence electrons. The molecule has 0 saturated carbocycles. The standard InChI is InChI=1S/C18H23FN2/c1-3-9-20-12-15-5-7-16(18(19)10-15)11-17-8-6-14(4-2)13-21-17/h5-8,10,13,20H,3-4,9,11-12H2,1-2H3. The molecule has 3 heteroatoms. The molecule has 0 amide bonds. The lowest BCUT2D eigenvalue weighted by Crippen LogP contribution is -2.14. The summed E-state index contributed by atoms with van der Waals surface area (Å²) in [4.78, 5) is 4.39. The summed E-state index contributed by atoms with van der Waals surface area (Å²) in [5.74, 6) is -0.146. The van der Waals surface area contributed by atoms with E-state index in [2.05, 4.69) is 30.2 Å². The van der Waals surface area contributed by atoms with Crippen LogP contribution in [0.3, 0.4) is 0 Å². The molecule has 0 radical (unpaired) electrons. The van der Waals surface area contributed by atoms with Crippen LogP contribution in [0.25, 0.3) is 0 Å². The predicted molar refractivity (Wildman–Crippen MR) is 84.8 cm³/mol. The van der Waals surface area contributed by atoms with Crippen LogP contribution < -0.4 is 5.32 Å². The van der Waals surface area contributed by atoms with Gasteiger partial charge in [0.25, 0.3) is 0 Å². The SMILES string of the molecule is CCCNCc1ccc(Cc2ccc(CC)cn2)c(F)c1. The molecule has 2 aromatic rings. The van der Waals surface area contributed by atoms with E-state index in [0.29, 0.717) is 18.5 Å². The molecule has 2 nitrogen and oxygen atoms in total. The highest BCUT2D eigenvalue weighted by molar-refractivity contribution is 5.28. The minimum absolute atomic E-state index is 0.146. The summed E-state index contributed by atoms with van der Waals surface area (Å²) in [6, 6.07) is 9.52. The van der Waals surface area contributed by atoms with E-state index in [0.717, 1.165) is 30.6 Å². The Morgan fingerprint density at radius 2 is 1.90 bits per heavy atom. The lowest BCUT2D eigenvalue weighted by atomic mass is 10.1. The lowest BCUT2D eigenvalue weighted by Gasteiger charge is -2.07. The minimum Gasteiger partial charge on any atom is -0.313 e. The van der Waals surface area contributed by atoms with Crippen LogP contribution in [0, 0.1) is 5.82 Å². The molecule has 2 rings (SSSR count). The summed E-state index contributed by atoms with van der Waals surface area (Å²) in [7, 11) is 0. The fraction of sp³-hybridized carbons (Fsp3) is 0.389. The van der Waals surface area contributed by atoms with Gasteiger partial charge < -0.3 is 5.32 Å². The number of halogens is 1. The highest BCUT2D eigenvalue weighted by Gasteiger charge is 2.06. The molecule has 0 spiro atoms. The van der Waals surface area contributed by atoms with Crippen LogP contribution in [0.1, 0.15) is 42.7 Å². The number of nitrogens with zero attached hydrogens (tertiary/aromatic N) is 1. The highest BCUT2D eigenvalue weighted by atomic mass is 19.1. The maximum absolute atomic E-state index is 14.1. The van der Waals surface area contributed by atoms with Crippen molar-refractivity contribution in [1.29, 1.82) is 0 Å². The fourth-order valence-electron chi connectivity index (χ4n) is 2.22. The van der Waals surface area contributed by atoms with Crippen molar-refractivity contribution in [2.75, 3.05) is 6.54 Å². The average molecular weight is 286 g/mol. The number of hydrogen-bond acceptors (Lipinski definition) is 2. The molecule has 0 aliphatic heterocycles. The maximum Gasteiger partial charge on any atom is 0.127 e. The van der Waals surface area contributed by atoms with Gasteiger partial charge in [-0.15, -0.1) is 0 Å². The van der Waals surface area contributed by atoms with E-state index in [9.17, 15) is 4.39 Å². The molecule has 0 bridgehead atoms. The molecular formula is C18H23FN2. The summed E-state index contributed by atoms with van der Waals surface area (Å²) in [6.45, 7) is 5.89. The average Bonchev–Trinajstić information content (AvgIpc) is 2.51. The van der Waals surface area contributed by atoms with Crippen molar-refractivity contribution in [3.63, 3.8) is 0 Å². The zero-order valence-corrected chi connectivity index (χ0v) is 12.8. The van der Waals surface area contributed by atoms with E-state index >= 15 is 0 Å². The van der Waals surface area contributed by atoms with Crippen molar-refractivity contribution < 1.29 is 4.39 Å². The second kappa shape index (κ2) is 7.89. The van der Waals surface area contributed by atoms with Crippen molar-refractivity contribution in [2.24, 2.45) is 0 Å². The number of rotatable bonds is 7. The predicted octanol–water partition coefficient (Wildman–Crippen LogP) is 3.87. The van der Waals surface area contributed by atoms with E-state index < -0.39 is 0 Å². The lowest BCUT2D eigenvalue weighted by molar-refractivity contribution is 0.606. The fourth-order valence-corrected chi connectivity index (χ4v) is 2.22. The Labute approximate surface area is 126 Å². The van der Waals surface area contributed by atoms with Crippen molar-refractivity contribution in [1.82, 2.24) is 10.3 Å². The smallest absolute Gasteiger partial charge is 0.127 e. The van der Waals surface area contributed by atoms with Crippen LogP contribution in [0.2, 0.25) is 0 Å². The summed E-state index contributed by atoms with van der Waals surface area (Å²) in [5, 5.41) is 3.28. The van der Waals surface area contributed by atoms with Gasteiger partial charge in [0, 0.05) is 24.9 Å². The van der Waals surface area contributed by atoms with E-state index in [1.54, 1.807) is 6.07 Å². The molecule has 0 aliphatic carbocycles. The Kier molecular flexibility index (Phi) is 5.88. The largest absolute Gasteiger partial charge is 0.313 e. The van der Waals surface area contributed by atoms with Crippen molar-refractivity contribution in [2.45, 2.75) is 39.7 Å². The summed E-state index contributed by atoms with van der Waals surface area (Å²) >= 11 is 0. The second-order valence-corrected chi connectivity index (χ2v) is 5.29. The number of aromatic nitrogens is 1. The van der Waals surface area contributed by atoms with Gasteiger partial charge in [0.2, 0.25) is 0 Å². The first kappa shape index (κ1) is 15.6. The Hall–Kier alpha value is -1.74. The normalized spacial score (nSPS) is 10.8. The number of hydrogen-bond donors (Lipinski definition) is 1. The molecular weight excluding hydrogens is 263 g/mol. The van der Waals surface area contributed by atoms with Crippen LogP contribution in [-0.2, 0) is 19.4 Å². The number of pyridine rings is 1. The topological polar surface area (TPSA) is 24.9 Å². The first-order chi connectivity index (χ1) is 10.2. The van der Waals surface area contributed by atoms with Crippen LogP contribution in [-0.4, -0.2) is 11.5 Å². The Morgan fingerprint density at radius 1 is 1.10 bits per heavy atom. The first-order valence-electron chi connectivity index (χ1n) is 7.64. The first-order valence-corrected chi connectivity index (χ1v) is 7.64. The van der Waals surface area contributed by atoms with E-state index in [1.807, 2.05) is 24.4 Å². The van der Waals surface area contributed by atoms with E-state index in [4.69, 9.17) is 0 Å². The molecule has 21 heavy (non-hydrogen) atoms. The van der Waals surface area contributed by atoms with Gasteiger partial charge in [-0.3, -0.25) is 4.98 Å². The van der Waals surface area contributed by atoms with Crippen LogP contribution in [0.5, 0.6) is 0 Å². The molecule has 0 unspecified atom stereocenters. The van der Waals surface area contributed by atoms with Crippen molar-refractivity contribution in [3.05, 3.63) is 64.7 Å². The van der Waals surface area contributed by atoms with Gasteiger partial charge in [-0.1, -0.05) is 32.0 Å². The maximum atomic E-state index is 14.1. The van der Waals surface area contributed by atoms with E-state index in [1.165, 1.54) is 5.56 Å². The zero-order chi connectivity index (χ0) is 15.1. The van der Waals surface area contributed by atoms with E-state index in [-0.39, 0.29) is 5.82 Å². The van der Waals surface area contributed by atoms with Gasteiger partial charge in [0.1, 0.15) is 5.82 Å². The van der Waals surface area contributed by atoms with Gasteiger partial charge in [0.05, 0.1) is 0 Å². The molecule has 1 aromatic heterocycles. The second-order valence-electron chi connectivity index (χ2n) is 5.29. The third-order valence-electron chi connectivity index (χ3n) is 3.54. The molecule has 1 N–H and O–H groups in total. The van der Waals surface area contributed by atoms with Crippen molar-refractivity contribution in [3.8, 4) is 0 Å². The molecule has 0 fully saturated rings. The number of nitrogens with one attached hydrogen (secondary N) is 1. The monoisotopic (exact) mass is 286 g/mol. The summed E-state index contributed by atoms with van der Waals surface area (Å²) < 4.78 is 14.1. The zero-order valence-electron chi connectivity index (χ0n) is 12.8.